The molecular weight excluding hydrogens is 244 g/mol. The number of anilines is 2. The molecule has 0 saturated carbocycles. The van der Waals surface area contributed by atoms with Gasteiger partial charge in [0.25, 0.3) is 0 Å². The summed E-state index contributed by atoms with van der Waals surface area (Å²) in [6.45, 7) is 0.824. The van der Waals surface area contributed by atoms with E-state index in [0.29, 0.717) is 11.6 Å². The van der Waals surface area contributed by atoms with Crippen LogP contribution in [-0.2, 0) is 4.79 Å². The zero-order valence-corrected chi connectivity index (χ0v) is 11.6. The molecule has 1 saturated heterocycles. The molecule has 1 aliphatic heterocycles. The van der Waals surface area contributed by atoms with E-state index >= 15 is 0 Å². The monoisotopic (exact) mass is 264 g/mol. The second-order valence-corrected chi connectivity index (χ2v) is 4.85. The van der Waals surface area contributed by atoms with Gasteiger partial charge in [-0.1, -0.05) is 0 Å². The smallest absolute Gasteiger partial charge is 0.244 e. The number of amides is 1. The number of nitrogen functional groups attached to an aromatic ring is 1. The second kappa shape index (κ2) is 5.34. The molecule has 1 atom stereocenters. The fraction of sp³-hybridized carbons (Fsp3) is 0.538. The van der Waals surface area contributed by atoms with E-state index in [1.54, 1.807) is 25.1 Å². The summed E-state index contributed by atoms with van der Waals surface area (Å²) in [5, 5.41) is 0. The minimum atomic E-state index is -0.143. The molecule has 1 fully saturated rings. The molecule has 1 aliphatic rings. The number of carbonyl (C=O) groups is 1. The highest BCUT2D eigenvalue weighted by Gasteiger charge is 2.32. The van der Waals surface area contributed by atoms with Crippen LogP contribution in [0.3, 0.4) is 0 Å². The van der Waals surface area contributed by atoms with E-state index in [1.165, 1.54) is 7.11 Å². The molecule has 1 amide bonds. The summed E-state index contributed by atoms with van der Waals surface area (Å²) in [5.41, 5.74) is 6.26. The quantitative estimate of drug-likeness (QED) is 0.871. The minimum absolute atomic E-state index is 0.107. The van der Waals surface area contributed by atoms with E-state index in [0.717, 1.165) is 25.2 Å². The van der Waals surface area contributed by atoms with Gasteiger partial charge in [0.2, 0.25) is 11.8 Å². The fourth-order valence-electron chi connectivity index (χ4n) is 2.36. The Kier molecular flexibility index (Phi) is 3.78. The van der Waals surface area contributed by atoms with Crippen molar-refractivity contribution in [2.75, 3.05) is 38.4 Å². The van der Waals surface area contributed by atoms with Gasteiger partial charge in [-0.05, 0) is 25.0 Å². The Morgan fingerprint density at radius 3 is 2.89 bits per heavy atom. The Morgan fingerprint density at radius 1 is 1.53 bits per heavy atom. The average Bonchev–Trinajstić information content (AvgIpc) is 2.87. The van der Waals surface area contributed by atoms with Gasteiger partial charge in [0.1, 0.15) is 11.9 Å². The molecule has 0 aliphatic carbocycles. The van der Waals surface area contributed by atoms with Crippen LogP contribution in [0.1, 0.15) is 12.8 Å². The number of hydrogen-bond donors (Lipinski definition) is 1. The highest BCUT2D eigenvalue weighted by molar-refractivity contribution is 5.85. The zero-order valence-electron chi connectivity index (χ0n) is 11.6. The largest absolute Gasteiger partial charge is 0.479 e. The first-order chi connectivity index (χ1) is 9.04. The molecule has 0 bridgehead atoms. The number of pyridine rings is 1. The lowest BCUT2D eigenvalue weighted by Gasteiger charge is -2.27. The predicted molar refractivity (Wildman–Crippen MR) is 74.3 cm³/mol. The lowest BCUT2D eigenvalue weighted by atomic mass is 10.2. The summed E-state index contributed by atoms with van der Waals surface area (Å²) in [6, 6.07) is 3.45. The first-order valence-electron chi connectivity index (χ1n) is 6.33. The third-order valence-electron chi connectivity index (χ3n) is 3.34. The van der Waals surface area contributed by atoms with Crippen LogP contribution in [0.5, 0.6) is 5.88 Å². The van der Waals surface area contributed by atoms with Crippen molar-refractivity contribution in [3.63, 3.8) is 0 Å². The number of methoxy groups -OCH3 is 1. The lowest BCUT2D eigenvalue weighted by molar-refractivity contribution is -0.129. The van der Waals surface area contributed by atoms with Gasteiger partial charge in [-0.2, -0.15) is 4.98 Å². The number of ether oxygens (including phenoxy) is 1. The molecule has 0 radical (unpaired) electrons. The highest BCUT2D eigenvalue weighted by atomic mass is 16.5. The number of nitrogens with zero attached hydrogens (tertiary/aromatic N) is 3. The van der Waals surface area contributed by atoms with Gasteiger partial charge in [-0.25, -0.2) is 0 Å². The molecule has 2 N–H and O–H groups in total. The number of nitrogens with two attached hydrogens (primary N) is 1. The molecule has 1 aromatic rings. The van der Waals surface area contributed by atoms with E-state index in [4.69, 9.17) is 10.5 Å². The Balaban J connectivity index is 2.27. The Hall–Kier alpha value is -1.98. The molecular formula is C13H20N4O2. The zero-order chi connectivity index (χ0) is 14.0. The molecule has 2 rings (SSSR count). The van der Waals surface area contributed by atoms with Crippen molar-refractivity contribution in [1.82, 2.24) is 9.88 Å². The maximum Gasteiger partial charge on any atom is 0.244 e. The van der Waals surface area contributed by atoms with E-state index in [-0.39, 0.29) is 11.9 Å². The van der Waals surface area contributed by atoms with Gasteiger partial charge < -0.3 is 20.3 Å². The molecule has 19 heavy (non-hydrogen) atoms. The van der Waals surface area contributed by atoms with Gasteiger partial charge in [0.05, 0.1) is 12.8 Å². The van der Waals surface area contributed by atoms with E-state index in [2.05, 4.69) is 4.98 Å². The molecule has 6 heteroatoms. The predicted octanol–water partition coefficient (Wildman–Crippen LogP) is 0.729. The number of likely N-dealkylation sites (N-methyl/N-ethyl adjacent to an activating group) is 1. The summed E-state index contributed by atoms with van der Waals surface area (Å²) in [7, 11) is 5.08. The van der Waals surface area contributed by atoms with Crippen LogP contribution < -0.4 is 15.4 Å². The summed E-state index contributed by atoms with van der Waals surface area (Å²) in [5.74, 6) is 1.25. The third-order valence-corrected chi connectivity index (χ3v) is 3.34. The summed E-state index contributed by atoms with van der Waals surface area (Å²) in [4.78, 5) is 20.2. The normalized spacial score (nSPS) is 18.5. The molecule has 6 nitrogen and oxygen atoms in total. The van der Waals surface area contributed by atoms with Crippen molar-refractivity contribution >= 4 is 17.4 Å². The topological polar surface area (TPSA) is 71.7 Å². The molecule has 2 heterocycles. The van der Waals surface area contributed by atoms with Crippen LogP contribution in [0.15, 0.2) is 12.1 Å². The van der Waals surface area contributed by atoms with Gasteiger partial charge >= 0.3 is 0 Å². The second-order valence-electron chi connectivity index (χ2n) is 4.85. The van der Waals surface area contributed by atoms with Crippen molar-refractivity contribution in [2.24, 2.45) is 0 Å². The summed E-state index contributed by atoms with van der Waals surface area (Å²) < 4.78 is 5.13. The van der Waals surface area contributed by atoms with Crippen LogP contribution in [-0.4, -0.2) is 49.6 Å². The first kappa shape index (κ1) is 13.5. The molecule has 0 spiro atoms. The van der Waals surface area contributed by atoms with Gasteiger partial charge in [0, 0.05) is 20.6 Å². The van der Waals surface area contributed by atoms with Gasteiger partial charge in [-0.3, -0.25) is 4.79 Å². The molecule has 1 unspecified atom stereocenters. The number of carbonyl (C=O) groups excluding carboxylic acids is 1. The van der Waals surface area contributed by atoms with E-state index in [1.807, 2.05) is 11.0 Å². The number of hydrogen-bond acceptors (Lipinski definition) is 5. The van der Waals surface area contributed by atoms with Crippen molar-refractivity contribution in [3.05, 3.63) is 12.1 Å². The summed E-state index contributed by atoms with van der Waals surface area (Å²) in [6.07, 6.45) is 1.84. The third kappa shape index (κ3) is 2.57. The van der Waals surface area contributed by atoms with Gasteiger partial charge in [0.15, 0.2) is 0 Å². The molecule has 104 valence electrons. The molecule has 1 aromatic heterocycles. The van der Waals surface area contributed by atoms with Gasteiger partial charge in [-0.15, -0.1) is 0 Å². The fourth-order valence-corrected chi connectivity index (χ4v) is 2.36. The van der Waals surface area contributed by atoms with Crippen LogP contribution in [0, 0.1) is 0 Å². The summed E-state index contributed by atoms with van der Waals surface area (Å²) >= 11 is 0. The van der Waals surface area contributed by atoms with Crippen LogP contribution in [0.25, 0.3) is 0 Å². The van der Waals surface area contributed by atoms with Crippen LogP contribution in [0.2, 0.25) is 0 Å². The number of rotatable bonds is 3. The Morgan fingerprint density at radius 2 is 2.26 bits per heavy atom. The Labute approximate surface area is 113 Å². The number of aromatic nitrogens is 1. The SMILES string of the molecule is COc1nc(N2CCCC2C(=O)N(C)C)ccc1N. The average molecular weight is 264 g/mol. The minimum Gasteiger partial charge on any atom is -0.479 e. The van der Waals surface area contributed by atoms with Crippen molar-refractivity contribution in [2.45, 2.75) is 18.9 Å². The van der Waals surface area contributed by atoms with Crippen LogP contribution >= 0.6 is 0 Å². The first-order valence-corrected chi connectivity index (χ1v) is 6.33. The lowest BCUT2D eigenvalue weighted by Crippen LogP contribution is -2.43. The van der Waals surface area contributed by atoms with E-state index in [9.17, 15) is 4.79 Å². The maximum atomic E-state index is 12.2. The standard InChI is InChI=1S/C13H20N4O2/c1-16(2)13(18)10-5-4-8-17(10)11-7-6-9(14)12(15-11)19-3/h6-7,10H,4-5,8,14H2,1-3H3. The van der Waals surface area contributed by atoms with Crippen molar-refractivity contribution < 1.29 is 9.53 Å². The highest BCUT2D eigenvalue weighted by Crippen LogP contribution is 2.28. The maximum absolute atomic E-state index is 12.2. The van der Waals surface area contributed by atoms with Crippen molar-refractivity contribution in [3.8, 4) is 5.88 Å². The van der Waals surface area contributed by atoms with Crippen molar-refractivity contribution in [1.29, 1.82) is 0 Å². The van der Waals surface area contributed by atoms with Crippen LogP contribution in [0.4, 0.5) is 11.5 Å². The Bertz CT molecular complexity index is 476. The van der Waals surface area contributed by atoms with E-state index < -0.39 is 0 Å². The molecule has 0 aromatic carbocycles.